The van der Waals surface area contributed by atoms with Crippen molar-refractivity contribution >= 4 is 23.1 Å². The van der Waals surface area contributed by atoms with Crippen LogP contribution in [0.4, 0.5) is 0 Å². The Kier molecular flexibility index (Phi) is 4.72. The Morgan fingerprint density at radius 1 is 1.32 bits per heavy atom. The number of nitrogens with one attached hydrogen (secondary N) is 1. The molecule has 19 heavy (non-hydrogen) atoms. The van der Waals surface area contributed by atoms with E-state index in [1.165, 1.54) is 18.2 Å². The van der Waals surface area contributed by atoms with Crippen molar-refractivity contribution in [1.82, 2.24) is 5.32 Å². The molecular weight excluding hydrogens is 264 g/mol. The van der Waals surface area contributed by atoms with Crippen LogP contribution in [0.3, 0.4) is 0 Å². The van der Waals surface area contributed by atoms with E-state index in [1.807, 2.05) is 13.8 Å². The van der Waals surface area contributed by atoms with Gasteiger partial charge in [-0.3, -0.25) is 4.79 Å². The van der Waals surface area contributed by atoms with E-state index < -0.39 is 11.4 Å². The zero-order valence-electron chi connectivity index (χ0n) is 10.9. The second kappa shape index (κ2) is 5.88. The van der Waals surface area contributed by atoms with Gasteiger partial charge in [-0.2, -0.15) is 0 Å². The lowest BCUT2D eigenvalue weighted by Gasteiger charge is -2.31. The lowest BCUT2D eigenvalue weighted by atomic mass is 9.92. The second-order valence-electron chi connectivity index (χ2n) is 4.28. The van der Waals surface area contributed by atoms with Gasteiger partial charge in [-0.1, -0.05) is 32.1 Å². The molecule has 1 aromatic carbocycles. The predicted octanol–water partition coefficient (Wildman–Crippen LogP) is 1.67. The number of nitrogens with two attached hydrogens (primary N) is 1. The number of phenols is 2. The minimum atomic E-state index is -0.818. The molecule has 5 N–H and O–H groups in total. The van der Waals surface area contributed by atoms with E-state index in [0.717, 1.165) is 0 Å². The monoisotopic (exact) mass is 282 g/mol. The fourth-order valence-corrected chi connectivity index (χ4v) is 2.22. The molecule has 0 aliphatic rings. The molecule has 0 heterocycles. The summed E-state index contributed by atoms with van der Waals surface area (Å²) < 4.78 is 0. The molecule has 0 saturated heterocycles. The SMILES string of the molecule is CCC(CC)(NC(=O)c1c(O)cccc1O)C(N)=S. The van der Waals surface area contributed by atoms with Gasteiger partial charge in [0.1, 0.15) is 17.1 Å². The highest BCUT2D eigenvalue weighted by Crippen LogP contribution is 2.27. The molecule has 0 saturated carbocycles. The van der Waals surface area contributed by atoms with E-state index in [-0.39, 0.29) is 22.1 Å². The summed E-state index contributed by atoms with van der Waals surface area (Å²) >= 11 is 5.00. The molecule has 0 spiro atoms. The van der Waals surface area contributed by atoms with Crippen LogP contribution < -0.4 is 11.1 Å². The topological polar surface area (TPSA) is 95.6 Å². The summed E-state index contributed by atoms with van der Waals surface area (Å²) in [5.41, 5.74) is 4.69. The van der Waals surface area contributed by atoms with Gasteiger partial charge >= 0.3 is 0 Å². The zero-order chi connectivity index (χ0) is 14.6. The number of amides is 1. The standard InChI is InChI=1S/C13H18N2O3S/c1-3-13(4-2,12(14)19)15-11(18)10-8(16)6-5-7-9(10)17/h5-7,16-17H,3-4H2,1-2H3,(H2,14,19)(H,15,18). The predicted molar refractivity (Wildman–Crippen MR) is 77.3 cm³/mol. The molecule has 0 bridgehead atoms. The first kappa shape index (κ1) is 15.2. The molecule has 1 rings (SSSR count). The van der Waals surface area contributed by atoms with E-state index in [2.05, 4.69) is 5.32 Å². The Labute approximate surface area is 117 Å². The van der Waals surface area contributed by atoms with Gasteiger partial charge in [0, 0.05) is 0 Å². The number of hydrogen-bond acceptors (Lipinski definition) is 4. The first-order chi connectivity index (χ1) is 8.88. The van der Waals surface area contributed by atoms with E-state index in [0.29, 0.717) is 12.8 Å². The van der Waals surface area contributed by atoms with Gasteiger partial charge in [0.25, 0.3) is 5.91 Å². The van der Waals surface area contributed by atoms with E-state index in [1.54, 1.807) is 0 Å². The maximum atomic E-state index is 12.2. The molecule has 5 nitrogen and oxygen atoms in total. The number of carbonyl (C=O) groups is 1. The van der Waals surface area contributed by atoms with Gasteiger partial charge in [-0.15, -0.1) is 0 Å². The third-order valence-corrected chi connectivity index (χ3v) is 3.67. The second-order valence-corrected chi connectivity index (χ2v) is 4.72. The van der Waals surface area contributed by atoms with Crippen molar-refractivity contribution in [2.45, 2.75) is 32.2 Å². The summed E-state index contributed by atoms with van der Waals surface area (Å²) in [6.07, 6.45) is 1.05. The molecule has 0 aliphatic heterocycles. The molecule has 6 heteroatoms. The molecule has 0 unspecified atom stereocenters. The fraction of sp³-hybridized carbons (Fsp3) is 0.385. The molecule has 0 atom stereocenters. The van der Waals surface area contributed by atoms with Crippen molar-refractivity contribution in [3.63, 3.8) is 0 Å². The third-order valence-electron chi connectivity index (χ3n) is 3.28. The van der Waals surface area contributed by atoms with Crippen LogP contribution in [0.1, 0.15) is 37.0 Å². The van der Waals surface area contributed by atoms with Crippen molar-refractivity contribution in [1.29, 1.82) is 0 Å². The van der Waals surface area contributed by atoms with Crippen LogP contribution in [0.15, 0.2) is 18.2 Å². The van der Waals surface area contributed by atoms with Gasteiger partial charge in [0.15, 0.2) is 0 Å². The Hall–Kier alpha value is -1.82. The molecular formula is C13H18N2O3S. The first-order valence-electron chi connectivity index (χ1n) is 6.01. The lowest BCUT2D eigenvalue weighted by Crippen LogP contribution is -2.55. The van der Waals surface area contributed by atoms with Gasteiger partial charge in [0.2, 0.25) is 0 Å². The highest BCUT2D eigenvalue weighted by atomic mass is 32.1. The van der Waals surface area contributed by atoms with E-state index >= 15 is 0 Å². The summed E-state index contributed by atoms with van der Waals surface area (Å²) in [6, 6.07) is 4.10. The minimum Gasteiger partial charge on any atom is -0.507 e. The lowest BCUT2D eigenvalue weighted by molar-refractivity contribution is 0.0914. The summed E-state index contributed by atoms with van der Waals surface area (Å²) in [7, 11) is 0. The highest BCUT2D eigenvalue weighted by molar-refractivity contribution is 7.80. The van der Waals surface area contributed by atoms with Crippen LogP contribution in [0, 0.1) is 0 Å². The average Bonchev–Trinajstić information content (AvgIpc) is 2.35. The van der Waals surface area contributed by atoms with Crippen LogP contribution in [0.5, 0.6) is 11.5 Å². The van der Waals surface area contributed by atoms with Crippen LogP contribution >= 0.6 is 12.2 Å². The molecule has 0 fully saturated rings. The molecule has 0 aromatic heterocycles. The Bertz CT molecular complexity index is 478. The number of thiocarbonyl (C=S) groups is 1. The van der Waals surface area contributed by atoms with Crippen molar-refractivity contribution in [2.75, 3.05) is 0 Å². The van der Waals surface area contributed by atoms with Crippen molar-refractivity contribution in [3.05, 3.63) is 23.8 Å². The van der Waals surface area contributed by atoms with Crippen LogP contribution in [-0.2, 0) is 0 Å². The van der Waals surface area contributed by atoms with Gasteiger partial charge in [0.05, 0.1) is 10.5 Å². The molecule has 1 aromatic rings. The minimum absolute atomic E-state index is 0.176. The molecule has 0 radical (unpaired) electrons. The summed E-state index contributed by atoms with van der Waals surface area (Å²) in [4.78, 5) is 12.4. The van der Waals surface area contributed by atoms with Gasteiger partial charge < -0.3 is 21.3 Å². The number of benzene rings is 1. The largest absolute Gasteiger partial charge is 0.507 e. The maximum absolute atomic E-state index is 12.2. The van der Waals surface area contributed by atoms with Crippen LogP contribution in [0.25, 0.3) is 0 Å². The molecule has 0 aliphatic carbocycles. The van der Waals surface area contributed by atoms with Crippen molar-refractivity contribution in [2.24, 2.45) is 5.73 Å². The summed E-state index contributed by atoms with van der Waals surface area (Å²) in [5.74, 6) is -1.19. The first-order valence-corrected chi connectivity index (χ1v) is 6.42. The molecule has 1 amide bonds. The number of hydrogen-bond donors (Lipinski definition) is 4. The van der Waals surface area contributed by atoms with Gasteiger partial charge in [-0.25, -0.2) is 0 Å². The van der Waals surface area contributed by atoms with Crippen LogP contribution in [0.2, 0.25) is 0 Å². The van der Waals surface area contributed by atoms with Crippen molar-refractivity contribution < 1.29 is 15.0 Å². The Balaban J connectivity index is 3.11. The Morgan fingerprint density at radius 3 is 2.16 bits per heavy atom. The Morgan fingerprint density at radius 2 is 1.79 bits per heavy atom. The zero-order valence-corrected chi connectivity index (χ0v) is 11.8. The quantitative estimate of drug-likeness (QED) is 0.616. The number of carbonyl (C=O) groups excluding carboxylic acids is 1. The average molecular weight is 282 g/mol. The number of rotatable bonds is 5. The number of phenolic OH excluding ortho intramolecular Hbond substituents is 2. The summed E-state index contributed by atoms with van der Waals surface area (Å²) in [5, 5.41) is 22.0. The third kappa shape index (κ3) is 2.96. The van der Waals surface area contributed by atoms with Crippen molar-refractivity contribution in [3.8, 4) is 11.5 Å². The van der Waals surface area contributed by atoms with Gasteiger partial charge in [-0.05, 0) is 25.0 Å². The van der Waals surface area contributed by atoms with E-state index in [4.69, 9.17) is 18.0 Å². The normalized spacial score (nSPS) is 11.1. The smallest absolute Gasteiger partial charge is 0.259 e. The fourth-order valence-electron chi connectivity index (χ4n) is 1.88. The maximum Gasteiger partial charge on any atom is 0.259 e. The number of aromatic hydroxyl groups is 2. The summed E-state index contributed by atoms with van der Waals surface area (Å²) in [6.45, 7) is 3.71. The highest BCUT2D eigenvalue weighted by Gasteiger charge is 2.33. The molecule has 104 valence electrons. The van der Waals surface area contributed by atoms with Crippen LogP contribution in [-0.4, -0.2) is 26.6 Å². The van der Waals surface area contributed by atoms with E-state index in [9.17, 15) is 15.0 Å².